The van der Waals surface area contributed by atoms with E-state index in [0.29, 0.717) is 22.6 Å². The van der Waals surface area contributed by atoms with Gasteiger partial charge >= 0.3 is 5.97 Å². The summed E-state index contributed by atoms with van der Waals surface area (Å²) in [5, 5.41) is 13.1. The molecule has 0 aromatic heterocycles. The number of carbonyl (C=O) groups excluding carboxylic acids is 3. The molecule has 1 fully saturated rings. The maximum Gasteiger partial charge on any atom is 0.355 e. The molecule has 1 unspecified atom stereocenters. The fourth-order valence-corrected chi connectivity index (χ4v) is 5.03. The standard InChI is InChI=1S/C23H22N4O6S/c1-13-12-34-22-19(25-18(28)10-14-2-6-16(24)7-3-14)21(29)26(22)20(13)23(30)33-11-15-4-8-17(9-5-15)27(31)32/h2-9,19,22H,10-12,24H2,1H3,(H,25,28)/t19?,22-/m1/s1. The molecule has 1 saturated heterocycles. The van der Waals surface area contributed by atoms with E-state index in [9.17, 15) is 24.5 Å². The summed E-state index contributed by atoms with van der Waals surface area (Å²) in [6, 6.07) is 11.9. The van der Waals surface area contributed by atoms with Crippen LogP contribution in [0.2, 0.25) is 0 Å². The number of amides is 2. The van der Waals surface area contributed by atoms with Crippen LogP contribution < -0.4 is 11.1 Å². The van der Waals surface area contributed by atoms with Gasteiger partial charge in [-0.1, -0.05) is 12.1 Å². The number of fused-ring (bicyclic) bond motifs is 1. The number of β-lactam (4-membered cyclic amide) rings is 1. The van der Waals surface area contributed by atoms with Gasteiger partial charge < -0.3 is 15.8 Å². The first-order chi connectivity index (χ1) is 16.2. The molecule has 0 saturated carbocycles. The lowest BCUT2D eigenvalue weighted by molar-refractivity contribution is -0.384. The Morgan fingerprint density at radius 3 is 2.47 bits per heavy atom. The summed E-state index contributed by atoms with van der Waals surface area (Å²) in [5.74, 6) is -0.802. The quantitative estimate of drug-likeness (QED) is 0.201. The summed E-state index contributed by atoms with van der Waals surface area (Å²) < 4.78 is 5.38. The van der Waals surface area contributed by atoms with Crippen molar-refractivity contribution in [2.24, 2.45) is 0 Å². The monoisotopic (exact) mass is 482 g/mol. The van der Waals surface area contributed by atoms with E-state index in [2.05, 4.69) is 5.32 Å². The third-order valence-corrected chi connectivity index (χ3v) is 6.95. The Labute approximate surface area is 199 Å². The summed E-state index contributed by atoms with van der Waals surface area (Å²) in [6.45, 7) is 1.67. The van der Waals surface area contributed by atoms with Crippen molar-refractivity contribution in [3.05, 3.63) is 81.0 Å². The van der Waals surface area contributed by atoms with E-state index in [0.717, 1.165) is 5.56 Å². The van der Waals surface area contributed by atoms with Gasteiger partial charge in [-0.3, -0.25) is 24.6 Å². The highest BCUT2D eigenvalue weighted by Crippen LogP contribution is 2.40. The number of anilines is 1. The Kier molecular flexibility index (Phi) is 6.55. The zero-order valence-corrected chi connectivity index (χ0v) is 19.0. The molecular formula is C23H22N4O6S. The van der Waals surface area contributed by atoms with Crippen molar-refractivity contribution >= 4 is 40.9 Å². The number of ether oxygens (including phenoxy) is 1. The number of carbonyl (C=O) groups is 3. The number of nitrogens with one attached hydrogen (secondary N) is 1. The molecule has 4 rings (SSSR count). The number of esters is 1. The molecule has 3 N–H and O–H groups in total. The lowest BCUT2D eigenvalue weighted by Crippen LogP contribution is -2.70. The number of rotatable bonds is 7. The van der Waals surface area contributed by atoms with Crippen LogP contribution in [0.3, 0.4) is 0 Å². The van der Waals surface area contributed by atoms with E-state index in [4.69, 9.17) is 10.5 Å². The van der Waals surface area contributed by atoms with Crippen molar-refractivity contribution in [1.82, 2.24) is 10.2 Å². The molecule has 2 atom stereocenters. The molecule has 0 aliphatic carbocycles. The van der Waals surface area contributed by atoms with Gasteiger partial charge in [-0.15, -0.1) is 11.8 Å². The Morgan fingerprint density at radius 2 is 1.82 bits per heavy atom. The Hall–Kier alpha value is -3.86. The minimum Gasteiger partial charge on any atom is -0.456 e. The number of nitrogens with zero attached hydrogens (tertiary/aromatic N) is 2. The minimum atomic E-state index is -0.725. The van der Waals surface area contributed by atoms with Gasteiger partial charge in [-0.2, -0.15) is 0 Å². The van der Waals surface area contributed by atoms with E-state index >= 15 is 0 Å². The van der Waals surface area contributed by atoms with Gasteiger partial charge in [0, 0.05) is 23.6 Å². The van der Waals surface area contributed by atoms with Crippen LogP contribution in [0, 0.1) is 10.1 Å². The molecule has 0 radical (unpaired) electrons. The summed E-state index contributed by atoms with van der Waals surface area (Å²) in [6.07, 6.45) is 0.112. The smallest absolute Gasteiger partial charge is 0.355 e. The normalized spacial score (nSPS) is 19.2. The van der Waals surface area contributed by atoms with Crippen LogP contribution in [0.5, 0.6) is 0 Å². The third-order valence-electron chi connectivity index (χ3n) is 5.53. The second-order valence-electron chi connectivity index (χ2n) is 8.00. The van der Waals surface area contributed by atoms with E-state index in [1.165, 1.54) is 40.9 Å². The highest BCUT2D eigenvalue weighted by atomic mass is 32.2. The van der Waals surface area contributed by atoms with E-state index in [1.54, 1.807) is 31.2 Å². The number of nitro groups is 1. The number of nitrogens with two attached hydrogens (primary N) is 1. The SMILES string of the molecule is CC1=C(C(=O)OCc2ccc([N+](=O)[O-])cc2)N2C(=O)C(NC(=O)Cc3ccc(N)cc3)[C@H]2SC1. The second kappa shape index (κ2) is 9.56. The second-order valence-corrected chi connectivity index (χ2v) is 9.11. The molecule has 2 aliphatic heterocycles. The van der Waals surface area contributed by atoms with Gasteiger partial charge in [0.15, 0.2) is 0 Å². The first-order valence-electron chi connectivity index (χ1n) is 10.4. The molecule has 2 aromatic rings. The van der Waals surface area contributed by atoms with Crippen LogP contribution in [0.25, 0.3) is 0 Å². The number of hydrogen-bond donors (Lipinski definition) is 2. The molecule has 2 amide bonds. The third kappa shape index (κ3) is 4.74. The molecule has 0 spiro atoms. The fourth-order valence-electron chi connectivity index (χ4n) is 3.74. The highest BCUT2D eigenvalue weighted by molar-refractivity contribution is 8.00. The summed E-state index contributed by atoms with van der Waals surface area (Å²) >= 11 is 1.47. The van der Waals surface area contributed by atoms with Crippen molar-refractivity contribution in [1.29, 1.82) is 0 Å². The number of non-ortho nitro benzene ring substituents is 1. The van der Waals surface area contributed by atoms with Gasteiger partial charge in [0.2, 0.25) is 5.91 Å². The summed E-state index contributed by atoms with van der Waals surface area (Å²) in [4.78, 5) is 49.7. The van der Waals surface area contributed by atoms with Crippen LogP contribution in [0.15, 0.2) is 59.8 Å². The van der Waals surface area contributed by atoms with Gasteiger partial charge in [0.25, 0.3) is 11.6 Å². The maximum atomic E-state index is 12.8. The average molecular weight is 483 g/mol. The van der Waals surface area contributed by atoms with Crippen molar-refractivity contribution in [3.63, 3.8) is 0 Å². The molecule has 2 aliphatic rings. The Bertz CT molecular complexity index is 1180. The van der Waals surface area contributed by atoms with Crippen molar-refractivity contribution in [2.45, 2.75) is 31.4 Å². The number of nitro benzene ring substituents is 1. The number of benzene rings is 2. The minimum absolute atomic E-state index is 0.0589. The molecule has 10 nitrogen and oxygen atoms in total. The molecular weight excluding hydrogens is 460 g/mol. The first kappa shape index (κ1) is 23.3. The fraction of sp³-hybridized carbons (Fsp3) is 0.261. The molecule has 2 aromatic carbocycles. The first-order valence-corrected chi connectivity index (χ1v) is 11.5. The van der Waals surface area contributed by atoms with Gasteiger partial charge in [-0.05, 0) is 47.9 Å². The zero-order chi connectivity index (χ0) is 24.4. The van der Waals surface area contributed by atoms with Crippen LogP contribution in [-0.4, -0.2) is 44.8 Å². The molecule has 11 heteroatoms. The van der Waals surface area contributed by atoms with Crippen LogP contribution >= 0.6 is 11.8 Å². The van der Waals surface area contributed by atoms with E-state index in [-0.39, 0.29) is 36.2 Å². The van der Waals surface area contributed by atoms with Gasteiger partial charge in [0.1, 0.15) is 23.7 Å². The molecule has 34 heavy (non-hydrogen) atoms. The number of hydrogen-bond acceptors (Lipinski definition) is 8. The van der Waals surface area contributed by atoms with Crippen molar-refractivity contribution in [2.75, 3.05) is 11.5 Å². The van der Waals surface area contributed by atoms with E-state index in [1.807, 2.05) is 0 Å². The van der Waals surface area contributed by atoms with E-state index < -0.39 is 22.3 Å². The zero-order valence-electron chi connectivity index (χ0n) is 18.2. The average Bonchev–Trinajstić information content (AvgIpc) is 2.82. The molecule has 2 heterocycles. The van der Waals surface area contributed by atoms with Crippen LogP contribution in [0.4, 0.5) is 11.4 Å². The predicted molar refractivity (Wildman–Crippen MR) is 125 cm³/mol. The van der Waals surface area contributed by atoms with Gasteiger partial charge in [0.05, 0.1) is 11.3 Å². The topological polar surface area (TPSA) is 145 Å². The summed E-state index contributed by atoms with van der Waals surface area (Å²) in [7, 11) is 0. The van der Waals surface area contributed by atoms with Crippen LogP contribution in [0.1, 0.15) is 18.1 Å². The molecule has 176 valence electrons. The summed E-state index contributed by atoms with van der Waals surface area (Å²) in [5.41, 5.74) is 8.45. The van der Waals surface area contributed by atoms with Crippen molar-refractivity contribution < 1.29 is 24.0 Å². The lowest BCUT2D eigenvalue weighted by Gasteiger charge is -2.49. The Morgan fingerprint density at radius 1 is 1.18 bits per heavy atom. The largest absolute Gasteiger partial charge is 0.456 e. The predicted octanol–water partition coefficient (Wildman–Crippen LogP) is 2.14. The highest BCUT2D eigenvalue weighted by Gasteiger charge is 2.53. The lowest BCUT2D eigenvalue weighted by atomic mass is 10.0. The van der Waals surface area contributed by atoms with Crippen LogP contribution in [-0.2, 0) is 32.1 Å². The molecule has 0 bridgehead atoms. The maximum absolute atomic E-state index is 12.8. The van der Waals surface area contributed by atoms with Crippen molar-refractivity contribution in [3.8, 4) is 0 Å². The van der Waals surface area contributed by atoms with Gasteiger partial charge in [-0.25, -0.2) is 4.79 Å². The number of nitrogen functional groups attached to an aromatic ring is 1. The number of thioether (sulfide) groups is 1. The Balaban J connectivity index is 1.37.